The van der Waals surface area contributed by atoms with Gasteiger partial charge in [0.2, 0.25) is 0 Å². The molecule has 0 aromatic heterocycles. The Morgan fingerprint density at radius 1 is 1.50 bits per heavy atom. The first-order valence-electron chi connectivity index (χ1n) is 5.62. The first kappa shape index (κ1) is 13.5. The Bertz CT molecular complexity index is 258. The van der Waals surface area contributed by atoms with Crippen LogP contribution in [0.15, 0.2) is 0 Å². The molecule has 1 atom stereocenters. The summed E-state index contributed by atoms with van der Waals surface area (Å²) in [6.45, 7) is 5.50. The van der Waals surface area contributed by atoms with Gasteiger partial charge in [-0.05, 0) is 13.8 Å². The van der Waals surface area contributed by atoms with Crippen LogP contribution in [0.5, 0.6) is 0 Å². The monoisotopic (exact) mass is 245 g/mol. The minimum absolute atomic E-state index is 0.0443. The Hall–Kier alpha value is -0.550. The summed E-state index contributed by atoms with van der Waals surface area (Å²) in [5.74, 6) is 1.67. The number of rotatable bonds is 5. The molecule has 0 bridgehead atoms. The number of ether oxygens (including phenoxy) is 1. The molecule has 0 spiro atoms. The van der Waals surface area contributed by atoms with Gasteiger partial charge in [0.15, 0.2) is 5.78 Å². The van der Waals surface area contributed by atoms with E-state index in [0.717, 1.165) is 18.1 Å². The lowest BCUT2D eigenvalue weighted by molar-refractivity contribution is -0.145. The molecule has 0 N–H and O–H groups in total. The van der Waals surface area contributed by atoms with Crippen LogP contribution in [0.1, 0.15) is 20.3 Å². The van der Waals surface area contributed by atoms with Crippen molar-refractivity contribution >= 4 is 23.5 Å². The highest BCUT2D eigenvalue weighted by Crippen LogP contribution is 2.15. The minimum atomic E-state index is -0.411. The molecule has 1 rings (SSSR count). The third-order valence-corrected chi connectivity index (χ3v) is 3.72. The van der Waals surface area contributed by atoms with Crippen LogP contribution in [0.3, 0.4) is 0 Å². The van der Waals surface area contributed by atoms with Crippen LogP contribution in [0.25, 0.3) is 0 Å². The number of esters is 1. The quantitative estimate of drug-likeness (QED) is 0.533. The van der Waals surface area contributed by atoms with Crippen LogP contribution in [-0.2, 0) is 14.3 Å². The molecule has 16 heavy (non-hydrogen) atoms. The summed E-state index contributed by atoms with van der Waals surface area (Å²) >= 11 is 1.91. The molecule has 0 saturated carbocycles. The fourth-order valence-electron chi connectivity index (χ4n) is 1.65. The van der Waals surface area contributed by atoms with Crippen LogP contribution in [0.4, 0.5) is 0 Å². The molecule has 0 aromatic carbocycles. The van der Waals surface area contributed by atoms with E-state index in [4.69, 9.17) is 4.74 Å². The number of hydrogen-bond donors (Lipinski definition) is 0. The Morgan fingerprint density at radius 2 is 2.25 bits per heavy atom. The predicted octanol–water partition coefficient (Wildman–Crippen LogP) is 0.946. The van der Waals surface area contributed by atoms with E-state index in [1.165, 1.54) is 0 Å². The molecule has 1 fully saturated rings. The van der Waals surface area contributed by atoms with Crippen molar-refractivity contribution in [1.29, 1.82) is 0 Å². The number of Topliss-reactive ketones (excluding diaryl/α,β-unsaturated/α-hetero) is 1. The fraction of sp³-hybridized carbons (Fsp3) is 0.818. The van der Waals surface area contributed by atoms with Crippen LogP contribution in [0.2, 0.25) is 0 Å². The van der Waals surface area contributed by atoms with E-state index in [1.54, 1.807) is 6.92 Å². The maximum atomic E-state index is 11.6. The molecule has 92 valence electrons. The zero-order valence-electron chi connectivity index (χ0n) is 9.90. The summed E-state index contributed by atoms with van der Waals surface area (Å²) in [6, 6.07) is 0.421. The maximum absolute atomic E-state index is 11.6. The predicted molar refractivity (Wildman–Crippen MR) is 64.6 cm³/mol. The Labute approximate surface area is 101 Å². The standard InChI is InChI=1S/C11H19NO3S/c1-3-15-11(14)6-10(13)7-12-4-5-16-8-9(12)2/h9H,3-8H2,1-2H3. The third-order valence-electron chi connectivity index (χ3n) is 2.53. The van der Waals surface area contributed by atoms with Gasteiger partial charge in [-0.3, -0.25) is 14.5 Å². The van der Waals surface area contributed by atoms with Gasteiger partial charge in [0.05, 0.1) is 13.2 Å². The second kappa shape index (κ2) is 6.91. The van der Waals surface area contributed by atoms with Gasteiger partial charge < -0.3 is 4.74 Å². The van der Waals surface area contributed by atoms with E-state index >= 15 is 0 Å². The number of carbonyl (C=O) groups is 2. The van der Waals surface area contributed by atoms with Crippen molar-refractivity contribution < 1.29 is 14.3 Å². The third kappa shape index (κ3) is 4.53. The average Bonchev–Trinajstić information content (AvgIpc) is 2.21. The highest BCUT2D eigenvalue weighted by Gasteiger charge is 2.21. The number of carbonyl (C=O) groups excluding carboxylic acids is 2. The summed E-state index contributed by atoms with van der Waals surface area (Å²) in [4.78, 5) is 24.8. The topological polar surface area (TPSA) is 46.6 Å². The summed E-state index contributed by atoms with van der Waals surface area (Å²) < 4.78 is 4.75. The molecule has 0 radical (unpaired) electrons. The van der Waals surface area contributed by atoms with Gasteiger partial charge in [0, 0.05) is 24.1 Å². The van der Waals surface area contributed by atoms with Crippen LogP contribution in [0, 0.1) is 0 Å². The highest BCUT2D eigenvalue weighted by molar-refractivity contribution is 7.99. The van der Waals surface area contributed by atoms with Crippen LogP contribution < -0.4 is 0 Å². The molecule has 1 saturated heterocycles. The second-order valence-electron chi connectivity index (χ2n) is 3.91. The Morgan fingerprint density at radius 3 is 2.88 bits per heavy atom. The molecule has 0 amide bonds. The van der Waals surface area contributed by atoms with Gasteiger partial charge in [-0.25, -0.2) is 0 Å². The zero-order valence-corrected chi connectivity index (χ0v) is 10.7. The van der Waals surface area contributed by atoms with Crippen molar-refractivity contribution in [3.63, 3.8) is 0 Å². The normalized spacial score (nSPS) is 21.8. The Balaban J connectivity index is 2.30. The lowest BCUT2D eigenvalue weighted by Crippen LogP contribution is -2.43. The van der Waals surface area contributed by atoms with Crippen molar-refractivity contribution in [2.45, 2.75) is 26.3 Å². The molecule has 5 heteroatoms. The zero-order chi connectivity index (χ0) is 12.0. The molecule has 1 heterocycles. The van der Waals surface area contributed by atoms with Gasteiger partial charge in [-0.2, -0.15) is 11.8 Å². The van der Waals surface area contributed by atoms with E-state index in [0.29, 0.717) is 19.2 Å². The van der Waals surface area contributed by atoms with E-state index in [9.17, 15) is 9.59 Å². The first-order valence-corrected chi connectivity index (χ1v) is 6.78. The van der Waals surface area contributed by atoms with E-state index in [1.807, 2.05) is 11.8 Å². The smallest absolute Gasteiger partial charge is 0.313 e. The van der Waals surface area contributed by atoms with Crippen molar-refractivity contribution in [1.82, 2.24) is 4.90 Å². The molecule has 1 unspecified atom stereocenters. The van der Waals surface area contributed by atoms with Crippen molar-refractivity contribution in [2.24, 2.45) is 0 Å². The molecule has 1 aliphatic heterocycles. The van der Waals surface area contributed by atoms with E-state index in [2.05, 4.69) is 11.8 Å². The molecule has 4 nitrogen and oxygen atoms in total. The van der Waals surface area contributed by atoms with Crippen molar-refractivity contribution in [3.8, 4) is 0 Å². The number of nitrogens with zero attached hydrogens (tertiary/aromatic N) is 1. The van der Waals surface area contributed by atoms with E-state index in [-0.39, 0.29) is 12.2 Å². The van der Waals surface area contributed by atoms with Gasteiger partial charge in [-0.1, -0.05) is 0 Å². The molecule has 0 aromatic rings. The summed E-state index contributed by atoms with van der Waals surface area (Å²) in [7, 11) is 0. The largest absolute Gasteiger partial charge is 0.466 e. The lowest BCUT2D eigenvalue weighted by atomic mass is 10.2. The van der Waals surface area contributed by atoms with E-state index < -0.39 is 5.97 Å². The Kier molecular flexibility index (Phi) is 5.84. The molecule has 0 aliphatic carbocycles. The van der Waals surface area contributed by atoms with Crippen molar-refractivity contribution in [2.75, 3.05) is 31.2 Å². The summed E-state index contributed by atoms with van der Waals surface area (Å²) in [5, 5.41) is 0. The van der Waals surface area contributed by atoms with Gasteiger partial charge in [0.25, 0.3) is 0 Å². The number of ketones is 1. The van der Waals surface area contributed by atoms with Crippen LogP contribution in [-0.4, -0.2) is 53.9 Å². The maximum Gasteiger partial charge on any atom is 0.313 e. The van der Waals surface area contributed by atoms with Gasteiger partial charge >= 0.3 is 5.97 Å². The SMILES string of the molecule is CCOC(=O)CC(=O)CN1CCSCC1C. The number of thioether (sulfide) groups is 1. The summed E-state index contributed by atoms with van der Waals surface area (Å²) in [5.41, 5.74) is 0. The fourth-order valence-corrected chi connectivity index (χ4v) is 2.73. The van der Waals surface area contributed by atoms with Crippen LogP contribution >= 0.6 is 11.8 Å². The molecular weight excluding hydrogens is 226 g/mol. The average molecular weight is 245 g/mol. The minimum Gasteiger partial charge on any atom is -0.466 e. The lowest BCUT2D eigenvalue weighted by Gasteiger charge is -2.32. The van der Waals surface area contributed by atoms with Gasteiger partial charge in [-0.15, -0.1) is 0 Å². The summed E-state index contributed by atoms with van der Waals surface area (Å²) in [6.07, 6.45) is -0.0931. The highest BCUT2D eigenvalue weighted by atomic mass is 32.2. The molecule has 1 aliphatic rings. The number of hydrogen-bond acceptors (Lipinski definition) is 5. The molecular formula is C11H19NO3S. The first-order chi connectivity index (χ1) is 7.63. The van der Waals surface area contributed by atoms with Crippen molar-refractivity contribution in [3.05, 3.63) is 0 Å². The van der Waals surface area contributed by atoms with Gasteiger partial charge in [0.1, 0.15) is 6.42 Å². The second-order valence-corrected chi connectivity index (χ2v) is 5.06.